The van der Waals surface area contributed by atoms with Gasteiger partial charge in [0.15, 0.2) is 5.69 Å². The molecule has 0 atom stereocenters. The van der Waals surface area contributed by atoms with Crippen LogP contribution in [-0.2, 0) is 13.0 Å². The van der Waals surface area contributed by atoms with Crippen molar-refractivity contribution >= 4 is 22.5 Å². The van der Waals surface area contributed by atoms with E-state index in [2.05, 4.69) is 23.9 Å². The molecule has 1 aromatic carbocycles. The number of benzene rings is 1. The van der Waals surface area contributed by atoms with Crippen LogP contribution in [0, 0.1) is 5.92 Å². The Morgan fingerprint density at radius 2 is 1.77 bits per heavy atom. The molecule has 0 unspecified atom stereocenters. The molecule has 154 valence electrons. The van der Waals surface area contributed by atoms with Crippen LogP contribution in [0.5, 0.6) is 0 Å². The average molecular weight is 403 g/mol. The summed E-state index contributed by atoms with van der Waals surface area (Å²) < 4.78 is 3.37. The fourth-order valence-electron chi connectivity index (χ4n) is 3.63. The van der Waals surface area contributed by atoms with Crippen LogP contribution in [0.3, 0.4) is 0 Å². The Labute approximate surface area is 174 Å². The minimum Gasteiger partial charge on any atom is -0.340 e. The summed E-state index contributed by atoms with van der Waals surface area (Å²) in [5.74, 6) is 0.114. The molecule has 7 heteroatoms. The van der Waals surface area contributed by atoms with Gasteiger partial charge in [-0.1, -0.05) is 26.0 Å². The van der Waals surface area contributed by atoms with Gasteiger partial charge in [0.1, 0.15) is 5.52 Å². The molecule has 30 heavy (non-hydrogen) atoms. The zero-order valence-electron chi connectivity index (χ0n) is 17.4. The van der Waals surface area contributed by atoms with Gasteiger partial charge in [-0.15, -0.1) is 0 Å². The Morgan fingerprint density at radius 1 is 1.07 bits per heavy atom. The summed E-state index contributed by atoms with van der Waals surface area (Å²) in [6, 6.07) is 13.1. The molecule has 0 aliphatic heterocycles. The van der Waals surface area contributed by atoms with Crippen molar-refractivity contribution in [1.29, 1.82) is 0 Å². The van der Waals surface area contributed by atoms with Crippen LogP contribution < -0.4 is 5.56 Å². The molecule has 0 fully saturated rings. The van der Waals surface area contributed by atoms with Crippen molar-refractivity contribution in [2.45, 2.75) is 26.8 Å². The zero-order valence-corrected chi connectivity index (χ0v) is 17.4. The molecule has 0 spiro atoms. The number of hydrogen-bond donors (Lipinski definition) is 0. The molecular weight excluding hydrogens is 378 g/mol. The summed E-state index contributed by atoms with van der Waals surface area (Å²) in [5.41, 5.74) is 3.30. The molecule has 0 aliphatic carbocycles. The number of pyridine rings is 1. The summed E-state index contributed by atoms with van der Waals surface area (Å²) in [6.07, 6.45) is 4.21. The van der Waals surface area contributed by atoms with E-state index in [4.69, 9.17) is 0 Å². The van der Waals surface area contributed by atoms with Crippen molar-refractivity contribution < 1.29 is 4.79 Å². The molecule has 3 heterocycles. The van der Waals surface area contributed by atoms with Crippen LogP contribution >= 0.6 is 0 Å². The highest BCUT2D eigenvalue weighted by Gasteiger charge is 2.20. The van der Waals surface area contributed by atoms with Crippen molar-refractivity contribution in [3.05, 3.63) is 76.5 Å². The lowest BCUT2D eigenvalue weighted by Crippen LogP contribution is -2.29. The van der Waals surface area contributed by atoms with Crippen molar-refractivity contribution in [3.8, 4) is 0 Å². The lowest BCUT2D eigenvalue weighted by molar-refractivity contribution is 0.0790. The number of fused-ring (bicyclic) bond motifs is 3. The number of para-hydroxylation sites is 2. The molecule has 0 bridgehead atoms. The third kappa shape index (κ3) is 3.70. The topological polar surface area (TPSA) is 72.5 Å². The first-order valence-electron chi connectivity index (χ1n) is 10.1. The van der Waals surface area contributed by atoms with Crippen molar-refractivity contribution in [3.63, 3.8) is 0 Å². The highest BCUT2D eigenvalue weighted by molar-refractivity contribution is 5.94. The third-order valence-corrected chi connectivity index (χ3v) is 5.17. The lowest BCUT2D eigenvalue weighted by Gasteiger charge is -2.15. The van der Waals surface area contributed by atoms with E-state index in [0.717, 1.165) is 23.0 Å². The van der Waals surface area contributed by atoms with Crippen LogP contribution in [0.4, 0.5) is 0 Å². The molecule has 0 N–H and O–H groups in total. The molecular formula is C23H25N5O2. The molecule has 0 aliphatic rings. The Morgan fingerprint density at radius 3 is 2.47 bits per heavy atom. The molecule has 0 radical (unpaired) electrons. The van der Waals surface area contributed by atoms with Crippen LogP contribution in [0.15, 0.2) is 59.7 Å². The summed E-state index contributed by atoms with van der Waals surface area (Å²) in [6.45, 7) is 5.31. The number of likely N-dealkylation sites (N-methyl/N-ethyl adjacent to an activating group) is 1. The highest BCUT2D eigenvalue weighted by Crippen LogP contribution is 2.17. The van der Waals surface area contributed by atoms with E-state index in [9.17, 15) is 9.59 Å². The van der Waals surface area contributed by atoms with Gasteiger partial charge in [0, 0.05) is 38.6 Å². The average Bonchev–Trinajstić information content (AvgIpc) is 3.21. The first-order chi connectivity index (χ1) is 14.5. The molecule has 0 saturated carbocycles. The van der Waals surface area contributed by atoms with Gasteiger partial charge in [-0.05, 0) is 42.2 Å². The van der Waals surface area contributed by atoms with Crippen LogP contribution in [0.25, 0.3) is 16.6 Å². The standard InChI is InChI=1S/C23H25N5O2/c1-16(2)15-27-19-6-4-5-7-20(19)28-21(23(27)30)14-18(25-28)22(29)26(3)13-10-17-8-11-24-12-9-17/h4-9,11-12,14,16H,10,13,15H2,1-3H3. The third-order valence-electron chi connectivity index (χ3n) is 5.17. The van der Waals surface area contributed by atoms with E-state index >= 15 is 0 Å². The highest BCUT2D eigenvalue weighted by atomic mass is 16.2. The van der Waals surface area contributed by atoms with Crippen molar-refractivity contribution in [2.24, 2.45) is 5.92 Å². The first-order valence-corrected chi connectivity index (χ1v) is 10.1. The van der Waals surface area contributed by atoms with Gasteiger partial charge in [0.2, 0.25) is 0 Å². The fourth-order valence-corrected chi connectivity index (χ4v) is 3.63. The van der Waals surface area contributed by atoms with E-state index < -0.39 is 0 Å². The molecule has 0 saturated heterocycles. The maximum atomic E-state index is 13.2. The number of rotatable bonds is 6. The molecule has 1 amide bonds. The minimum absolute atomic E-state index is 0.131. The van der Waals surface area contributed by atoms with Crippen LogP contribution in [0.1, 0.15) is 29.9 Å². The van der Waals surface area contributed by atoms with Gasteiger partial charge >= 0.3 is 0 Å². The second-order valence-corrected chi connectivity index (χ2v) is 7.96. The normalized spacial score (nSPS) is 11.5. The van der Waals surface area contributed by atoms with Crippen LogP contribution in [-0.4, -0.2) is 43.6 Å². The van der Waals surface area contributed by atoms with Crippen molar-refractivity contribution in [2.75, 3.05) is 13.6 Å². The van der Waals surface area contributed by atoms with Gasteiger partial charge in [0.05, 0.1) is 11.0 Å². The predicted molar refractivity (Wildman–Crippen MR) is 117 cm³/mol. The van der Waals surface area contributed by atoms with E-state index in [-0.39, 0.29) is 17.2 Å². The molecule has 3 aromatic heterocycles. The summed E-state index contributed by atoms with van der Waals surface area (Å²) >= 11 is 0. The summed E-state index contributed by atoms with van der Waals surface area (Å²) in [7, 11) is 1.75. The summed E-state index contributed by atoms with van der Waals surface area (Å²) in [4.78, 5) is 31.8. The van der Waals surface area contributed by atoms with E-state index in [1.54, 1.807) is 39.5 Å². The van der Waals surface area contributed by atoms with Crippen LogP contribution in [0.2, 0.25) is 0 Å². The number of carbonyl (C=O) groups is 1. The van der Waals surface area contributed by atoms with Gasteiger partial charge in [-0.25, -0.2) is 4.52 Å². The molecule has 7 nitrogen and oxygen atoms in total. The maximum Gasteiger partial charge on any atom is 0.277 e. The number of aromatic nitrogens is 4. The van der Waals surface area contributed by atoms with Crippen molar-refractivity contribution in [1.82, 2.24) is 24.1 Å². The van der Waals surface area contributed by atoms with E-state index in [0.29, 0.717) is 24.5 Å². The maximum absolute atomic E-state index is 13.2. The first kappa shape index (κ1) is 19.8. The SMILES string of the molecule is CC(C)Cn1c(=O)c2cc(C(=O)N(C)CCc3ccncc3)nn2c2ccccc21. The smallest absolute Gasteiger partial charge is 0.277 e. The van der Waals surface area contributed by atoms with Gasteiger partial charge in [-0.3, -0.25) is 14.6 Å². The number of hydrogen-bond acceptors (Lipinski definition) is 4. The Hall–Kier alpha value is -3.48. The lowest BCUT2D eigenvalue weighted by atomic mass is 10.2. The molecule has 4 aromatic rings. The Balaban J connectivity index is 1.70. The Kier molecular flexibility index (Phi) is 5.35. The second kappa shape index (κ2) is 8.10. The predicted octanol–water partition coefficient (Wildman–Crippen LogP) is 3.01. The van der Waals surface area contributed by atoms with Gasteiger partial charge in [0.25, 0.3) is 11.5 Å². The van der Waals surface area contributed by atoms with E-state index in [1.807, 2.05) is 36.4 Å². The van der Waals surface area contributed by atoms with Gasteiger partial charge in [-0.2, -0.15) is 5.10 Å². The zero-order chi connectivity index (χ0) is 21.3. The minimum atomic E-state index is -0.202. The fraction of sp³-hybridized carbons (Fsp3) is 0.304. The summed E-state index contributed by atoms with van der Waals surface area (Å²) in [5, 5.41) is 4.50. The quantitative estimate of drug-likeness (QED) is 0.496. The molecule has 4 rings (SSSR count). The number of nitrogens with zero attached hydrogens (tertiary/aromatic N) is 5. The Bertz CT molecular complexity index is 1260. The monoisotopic (exact) mass is 403 g/mol. The number of amides is 1. The van der Waals surface area contributed by atoms with Gasteiger partial charge < -0.3 is 9.47 Å². The second-order valence-electron chi connectivity index (χ2n) is 7.96. The number of carbonyl (C=O) groups excluding carboxylic acids is 1. The largest absolute Gasteiger partial charge is 0.340 e. The van der Waals surface area contributed by atoms with E-state index in [1.165, 1.54) is 0 Å².